The van der Waals surface area contributed by atoms with Crippen molar-refractivity contribution in [3.8, 4) is 0 Å². The van der Waals surface area contributed by atoms with E-state index in [-0.39, 0.29) is 11.9 Å². The number of carbonyl (C=O) groups excluding carboxylic acids is 1. The highest BCUT2D eigenvalue weighted by Gasteiger charge is 2.25. The van der Waals surface area contributed by atoms with Gasteiger partial charge in [0.05, 0.1) is 0 Å². The quantitative estimate of drug-likeness (QED) is 0.144. The number of hydrogen-bond acceptors (Lipinski definition) is 2. The van der Waals surface area contributed by atoms with Crippen LogP contribution in [0.15, 0.2) is 24.3 Å². The molecule has 0 aromatic heterocycles. The molecule has 28 heavy (non-hydrogen) atoms. The van der Waals surface area contributed by atoms with E-state index < -0.39 is 0 Å². The van der Waals surface area contributed by atoms with Crippen LogP contribution in [0.25, 0.3) is 0 Å². The van der Waals surface area contributed by atoms with Crippen LogP contribution in [0.2, 0.25) is 0 Å². The van der Waals surface area contributed by atoms with E-state index >= 15 is 0 Å². The van der Waals surface area contributed by atoms with E-state index in [4.69, 9.17) is 4.74 Å². The van der Waals surface area contributed by atoms with Crippen LogP contribution in [0, 0.1) is 11.8 Å². The maximum atomic E-state index is 12.0. The molecule has 1 saturated carbocycles. The lowest BCUT2D eigenvalue weighted by molar-refractivity contribution is -0.123. The normalized spacial score (nSPS) is 21.0. The summed E-state index contributed by atoms with van der Waals surface area (Å²) < 4.78 is 5.09. The van der Waals surface area contributed by atoms with E-state index in [1.165, 1.54) is 83.5 Å². The van der Waals surface area contributed by atoms with Gasteiger partial charge in [-0.2, -0.15) is 0 Å². The first-order valence-electron chi connectivity index (χ1n) is 12.0. The molecule has 0 N–H and O–H groups in total. The molecule has 0 aliphatic heterocycles. The third-order valence-corrected chi connectivity index (χ3v) is 6.63. The van der Waals surface area contributed by atoms with Crippen LogP contribution in [0.3, 0.4) is 0 Å². The summed E-state index contributed by atoms with van der Waals surface area (Å²) in [6, 6.07) is 0. The summed E-state index contributed by atoms with van der Waals surface area (Å²) in [5, 5.41) is 0. The van der Waals surface area contributed by atoms with Crippen LogP contribution in [-0.4, -0.2) is 19.0 Å². The molecule has 2 heteroatoms. The zero-order valence-electron chi connectivity index (χ0n) is 19.0. The number of methoxy groups -OCH3 is 1. The lowest BCUT2D eigenvalue weighted by Gasteiger charge is -2.19. The molecule has 0 spiro atoms. The molecular weight excluding hydrogens is 344 g/mol. The molecule has 3 atom stereocenters. The highest BCUT2D eigenvalue weighted by atomic mass is 16.5. The first-order chi connectivity index (χ1) is 13.6. The van der Waals surface area contributed by atoms with Gasteiger partial charge in [0.2, 0.25) is 0 Å². The molecule has 162 valence electrons. The number of rotatable bonds is 17. The van der Waals surface area contributed by atoms with Crippen molar-refractivity contribution in [2.75, 3.05) is 7.11 Å². The van der Waals surface area contributed by atoms with E-state index in [2.05, 4.69) is 13.5 Å². The van der Waals surface area contributed by atoms with Crippen molar-refractivity contribution in [1.82, 2.24) is 0 Å². The zero-order valence-corrected chi connectivity index (χ0v) is 19.0. The van der Waals surface area contributed by atoms with Gasteiger partial charge in [-0.1, -0.05) is 103 Å². The molecule has 1 rings (SSSR count). The number of ketones is 1. The third-order valence-electron chi connectivity index (χ3n) is 6.63. The minimum Gasteiger partial charge on any atom is -0.374 e. The van der Waals surface area contributed by atoms with Gasteiger partial charge in [0.15, 0.2) is 5.78 Å². The number of ether oxygens (including phenoxy) is 1. The molecule has 1 aliphatic carbocycles. The van der Waals surface area contributed by atoms with Crippen molar-refractivity contribution >= 4 is 5.78 Å². The Bertz CT molecular complexity index is 451. The Morgan fingerprint density at radius 3 is 2.14 bits per heavy atom. The van der Waals surface area contributed by atoms with Crippen molar-refractivity contribution < 1.29 is 9.53 Å². The Morgan fingerprint density at radius 1 is 1.00 bits per heavy atom. The Kier molecular flexibility index (Phi) is 14.3. The van der Waals surface area contributed by atoms with Gasteiger partial charge in [0, 0.05) is 7.11 Å². The van der Waals surface area contributed by atoms with Crippen LogP contribution < -0.4 is 0 Å². The molecule has 0 bridgehead atoms. The highest BCUT2D eigenvalue weighted by molar-refractivity contribution is 5.94. The van der Waals surface area contributed by atoms with E-state index in [0.29, 0.717) is 0 Å². The maximum absolute atomic E-state index is 12.0. The first kappa shape index (κ1) is 25.1. The molecule has 1 unspecified atom stereocenters. The zero-order chi connectivity index (χ0) is 20.6. The second-order valence-corrected chi connectivity index (χ2v) is 8.81. The van der Waals surface area contributed by atoms with Crippen molar-refractivity contribution in [3.05, 3.63) is 24.3 Å². The van der Waals surface area contributed by atoms with Crippen molar-refractivity contribution in [3.63, 3.8) is 0 Å². The van der Waals surface area contributed by atoms with E-state index in [1.807, 2.05) is 6.08 Å². The van der Waals surface area contributed by atoms with E-state index in [1.54, 1.807) is 20.1 Å². The standard InChI is InChI=1S/C26H46O2/c1-5-7-8-9-10-13-17-24-19-15-20-25(24)18-14-11-12-16-23(6-2)21-26(27)22(3)28-4/h6,21-22,24-25H,2,5,7-20H2,1,3-4H3/t22?,24-,25-/m0/s1. The Balaban J connectivity index is 2.17. The average molecular weight is 391 g/mol. The van der Waals surface area contributed by atoms with Crippen molar-refractivity contribution in [2.45, 2.75) is 116 Å². The summed E-state index contributed by atoms with van der Waals surface area (Å²) >= 11 is 0. The number of carbonyl (C=O) groups is 1. The lowest BCUT2D eigenvalue weighted by Crippen LogP contribution is -2.16. The second-order valence-electron chi connectivity index (χ2n) is 8.81. The average Bonchev–Trinajstić information content (AvgIpc) is 3.15. The molecule has 0 saturated heterocycles. The molecule has 0 aromatic carbocycles. The third kappa shape index (κ3) is 10.6. The minimum atomic E-state index is -0.360. The van der Waals surface area contributed by atoms with E-state index in [9.17, 15) is 4.79 Å². The Morgan fingerprint density at radius 2 is 1.57 bits per heavy atom. The molecule has 0 aromatic rings. The highest BCUT2D eigenvalue weighted by Crippen LogP contribution is 2.38. The molecule has 1 fully saturated rings. The van der Waals surface area contributed by atoms with Gasteiger partial charge < -0.3 is 4.74 Å². The number of unbranched alkanes of at least 4 members (excludes halogenated alkanes) is 7. The summed E-state index contributed by atoms with van der Waals surface area (Å²) in [7, 11) is 1.58. The van der Waals surface area contributed by atoms with Crippen LogP contribution in [0.1, 0.15) is 110 Å². The Labute approximate surface area is 175 Å². The molecule has 0 heterocycles. The van der Waals surface area contributed by atoms with Crippen LogP contribution in [0.5, 0.6) is 0 Å². The number of allylic oxidation sites excluding steroid dienone is 2. The van der Waals surface area contributed by atoms with Gasteiger partial charge in [-0.3, -0.25) is 4.79 Å². The maximum Gasteiger partial charge on any atom is 0.184 e. The van der Waals surface area contributed by atoms with Gasteiger partial charge in [-0.05, 0) is 43.3 Å². The fourth-order valence-corrected chi connectivity index (χ4v) is 4.62. The lowest BCUT2D eigenvalue weighted by atomic mass is 9.86. The molecule has 2 nitrogen and oxygen atoms in total. The largest absolute Gasteiger partial charge is 0.374 e. The summed E-state index contributed by atoms with van der Waals surface area (Å²) in [5.41, 5.74) is 1.05. The summed E-state index contributed by atoms with van der Waals surface area (Å²) in [4.78, 5) is 12.0. The summed E-state index contributed by atoms with van der Waals surface area (Å²) in [6.07, 6.45) is 23.7. The predicted octanol–water partition coefficient (Wildman–Crippen LogP) is 7.82. The van der Waals surface area contributed by atoms with Crippen LogP contribution >= 0.6 is 0 Å². The molecule has 0 amide bonds. The van der Waals surface area contributed by atoms with Crippen molar-refractivity contribution in [1.29, 1.82) is 0 Å². The SMILES string of the molecule is C=CC(=CC(=O)C(C)OC)CCCCC[C@H]1CCC[C@@H]1CCCCCCCC. The smallest absolute Gasteiger partial charge is 0.184 e. The topological polar surface area (TPSA) is 26.3 Å². The van der Waals surface area contributed by atoms with Gasteiger partial charge in [0.1, 0.15) is 6.10 Å². The van der Waals surface area contributed by atoms with Crippen LogP contribution in [0.4, 0.5) is 0 Å². The van der Waals surface area contributed by atoms with Crippen molar-refractivity contribution in [2.24, 2.45) is 11.8 Å². The van der Waals surface area contributed by atoms with Crippen LogP contribution in [-0.2, 0) is 9.53 Å². The summed E-state index contributed by atoms with van der Waals surface area (Å²) in [5.74, 6) is 2.03. The fraction of sp³-hybridized carbons (Fsp3) is 0.808. The molecule has 1 aliphatic rings. The first-order valence-corrected chi connectivity index (χ1v) is 12.0. The summed E-state index contributed by atoms with van der Waals surface area (Å²) in [6.45, 7) is 7.95. The van der Waals surface area contributed by atoms with Gasteiger partial charge >= 0.3 is 0 Å². The Hall–Kier alpha value is -0.890. The number of hydrogen-bond donors (Lipinski definition) is 0. The van der Waals surface area contributed by atoms with E-state index in [0.717, 1.165) is 30.3 Å². The van der Waals surface area contributed by atoms with Gasteiger partial charge in [-0.25, -0.2) is 0 Å². The van der Waals surface area contributed by atoms with Gasteiger partial charge in [-0.15, -0.1) is 0 Å². The minimum absolute atomic E-state index is 0.0425. The second kappa shape index (κ2) is 16.0. The van der Waals surface area contributed by atoms with Gasteiger partial charge in [0.25, 0.3) is 0 Å². The monoisotopic (exact) mass is 390 g/mol. The predicted molar refractivity (Wildman–Crippen MR) is 122 cm³/mol. The molecule has 0 radical (unpaired) electrons. The fourth-order valence-electron chi connectivity index (χ4n) is 4.62. The molecular formula is C26H46O2.